The molecule has 0 aliphatic carbocycles. The number of hydrogen-bond acceptors (Lipinski definition) is 3. The van der Waals surface area contributed by atoms with Crippen molar-refractivity contribution < 1.29 is 14.7 Å². The van der Waals surface area contributed by atoms with Crippen LogP contribution in [0.3, 0.4) is 0 Å². The molecule has 0 heterocycles. The molecule has 0 atom stereocenters. The third-order valence-corrected chi connectivity index (χ3v) is 3.40. The molecule has 6 heteroatoms. The first-order valence-electron chi connectivity index (χ1n) is 5.85. The Kier molecular flexibility index (Phi) is 4.36. The number of nitrogens with zero attached hydrogens (tertiary/aromatic N) is 1. The molecule has 0 bridgehead atoms. The average molecular weight is 345 g/mol. The van der Waals surface area contributed by atoms with Crippen LogP contribution in [0.15, 0.2) is 46.9 Å². The molecule has 0 radical (unpaired) electrons. The Labute approximate surface area is 129 Å². The number of halogens is 1. The third-order valence-electron chi connectivity index (χ3n) is 2.74. The maximum absolute atomic E-state index is 12.1. The Morgan fingerprint density at radius 3 is 2.24 bits per heavy atom. The predicted octanol–water partition coefficient (Wildman–Crippen LogP) is 3.27. The van der Waals surface area contributed by atoms with Crippen LogP contribution in [0.2, 0.25) is 0 Å². The second-order valence-corrected chi connectivity index (χ2v) is 5.00. The van der Waals surface area contributed by atoms with E-state index in [4.69, 9.17) is 10.4 Å². The highest BCUT2D eigenvalue weighted by Crippen LogP contribution is 2.24. The summed E-state index contributed by atoms with van der Waals surface area (Å²) in [7, 11) is 0. The van der Waals surface area contributed by atoms with Gasteiger partial charge in [0.05, 0.1) is 22.9 Å². The molecule has 0 saturated heterocycles. The summed E-state index contributed by atoms with van der Waals surface area (Å²) in [6, 6.07) is 12.5. The van der Waals surface area contributed by atoms with E-state index in [1.165, 1.54) is 18.2 Å². The summed E-state index contributed by atoms with van der Waals surface area (Å²) in [4.78, 5) is 22.9. The van der Waals surface area contributed by atoms with E-state index in [0.29, 0.717) is 21.3 Å². The molecule has 0 saturated carbocycles. The van der Waals surface area contributed by atoms with Crippen LogP contribution in [-0.2, 0) is 0 Å². The van der Waals surface area contributed by atoms with Gasteiger partial charge >= 0.3 is 5.97 Å². The molecule has 0 aliphatic heterocycles. The molecule has 0 aliphatic rings. The Hall–Kier alpha value is -2.65. The molecule has 2 aromatic rings. The maximum atomic E-state index is 12.1. The smallest absolute Gasteiger partial charge is 0.335 e. The number of carboxylic acid groups (broad SMARTS) is 1. The fourth-order valence-corrected chi connectivity index (χ4v) is 2.12. The number of hydrogen-bond donors (Lipinski definition) is 2. The fourth-order valence-electron chi connectivity index (χ4n) is 1.64. The van der Waals surface area contributed by atoms with Crippen molar-refractivity contribution in [2.45, 2.75) is 0 Å². The molecule has 2 aromatic carbocycles. The second kappa shape index (κ2) is 6.20. The first kappa shape index (κ1) is 14.8. The quantitative estimate of drug-likeness (QED) is 0.893. The lowest BCUT2D eigenvalue weighted by Gasteiger charge is -2.08. The van der Waals surface area contributed by atoms with Gasteiger partial charge in [-0.05, 0) is 58.4 Å². The number of aromatic carboxylic acids is 1. The molecule has 0 fully saturated rings. The molecule has 0 unspecified atom stereocenters. The van der Waals surface area contributed by atoms with Gasteiger partial charge in [0.15, 0.2) is 0 Å². The Morgan fingerprint density at radius 1 is 1.10 bits per heavy atom. The summed E-state index contributed by atoms with van der Waals surface area (Å²) >= 11 is 3.22. The molecule has 21 heavy (non-hydrogen) atoms. The predicted molar refractivity (Wildman–Crippen MR) is 80.2 cm³/mol. The standard InChI is InChI=1S/C15H9BrN2O3/c16-12-7-11(15(20)21)5-6-13(12)18-14(19)10-3-1-9(8-17)2-4-10/h1-7H,(H,18,19)(H,20,21). The topological polar surface area (TPSA) is 90.2 Å². The minimum Gasteiger partial charge on any atom is -0.478 e. The van der Waals surface area contributed by atoms with Crippen LogP contribution in [0.4, 0.5) is 5.69 Å². The van der Waals surface area contributed by atoms with Crippen molar-refractivity contribution >= 4 is 33.5 Å². The molecule has 1 amide bonds. The lowest BCUT2D eigenvalue weighted by Crippen LogP contribution is -2.12. The van der Waals surface area contributed by atoms with Crippen molar-refractivity contribution in [3.8, 4) is 6.07 Å². The number of carbonyl (C=O) groups excluding carboxylic acids is 1. The Balaban J connectivity index is 2.19. The zero-order chi connectivity index (χ0) is 15.4. The van der Waals surface area contributed by atoms with E-state index in [9.17, 15) is 9.59 Å². The van der Waals surface area contributed by atoms with Gasteiger partial charge < -0.3 is 10.4 Å². The van der Waals surface area contributed by atoms with Crippen molar-refractivity contribution in [2.75, 3.05) is 5.32 Å². The molecular formula is C15H9BrN2O3. The summed E-state index contributed by atoms with van der Waals surface area (Å²) in [6.45, 7) is 0. The molecule has 104 valence electrons. The molecule has 2 rings (SSSR count). The van der Waals surface area contributed by atoms with E-state index >= 15 is 0 Å². The summed E-state index contributed by atoms with van der Waals surface area (Å²) < 4.78 is 0.476. The largest absolute Gasteiger partial charge is 0.478 e. The highest BCUT2D eigenvalue weighted by atomic mass is 79.9. The van der Waals surface area contributed by atoms with E-state index in [2.05, 4.69) is 21.2 Å². The Bertz CT molecular complexity index is 749. The van der Waals surface area contributed by atoms with Gasteiger partial charge in [0.2, 0.25) is 0 Å². The zero-order valence-corrected chi connectivity index (χ0v) is 12.2. The summed E-state index contributed by atoms with van der Waals surface area (Å²) in [5.74, 6) is -1.39. The number of nitriles is 1. The van der Waals surface area contributed by atoms with Gasteiger partial charge in [-0.25, -0.2) is 4.79 Å². The van der Waals surface area contributed by atoms with Crippen LogP contribution in [0.1, 0.15) is 26.3 Å². The van der Waals surface area contributed by atoms with Crippen LogP contribution < -0.4 is 5.32 Å². The van der Waals surface area contributed by atoms with Gasteiger partial charge in [0.25, 0.3) is 5.91 Å². The van der Waals surface area contributed by atoms with E-state index in [1.807, 2.05) is 6.07 Å². The zero-order valence-electron chi connectivity index (χ0n) is 10.6. The van der Waals surface area contributed by atoms with Crippen LogP contribution in [-0.4, -0.2) is 17.0 Å². The van der Waals surface area contributed by atoms with Crippen LogP contribution in [0.5, 0.6) is 0 Å². The van der Waals surface area contributed by atoms with Crippen LogP contribution >= 0.6 is 15.9 Å². The number of nitrogens with one attached hydrogen (secondary N) is 1. The minimum atomic E-state index is -1.04. The Morgan fingerprint density at radius 2 is 1.71 bits per heavy atom. The number of anilines is 1. The van der Waals surface area contributed by atoms with Crippen molar-refractivity contribution in [3.63, 3.8) is 0 Å². The van der Waals surface area contributed by atoms with Gasteiger partial charge in [-0.1, -0.05) is 0 Å². The second-order valence-electron chi connectivity index (χ2n) is 4.14. The average Bonchev–Trinajstić information content (AvgIpc) is 2.49. The SMILES string of the molecule is N#Cc1ccc(C(=O)Nc2ccc(C(=O)O)cc2Br)cc1. The number of rotatable bonds is 3. The molecule has 0 spiro atoms. The molecule has 5 nitrogen and oxygen atoms in total. The van der Waals surface area contributed by atoms with E-state index in [0.717, 1.165) is 0 Å². The lowest BCUT2D eigenvalue weighted by atomic mass is 10.1. The molecule has 0 aromatic heterocycles. The van der Waals surface area contributed by atoms with Crippen molar-refractivity contribution in [1.29, 1.82) is 5.26 Å². The lowest BCUT2D eigenvalue weighted by molar-refractivity contribution is 0.0696. The summed E-state index contributed by atoms with van der Waals surface area (Å²) in [5.41, 5.74) is 1.47. The number of carboxylic acids is 1. The highest BCUT2D eigenvalue weighted by Gasteiger charge is 2.10. The molecule has 2 N–H and O–H groups in total. The highest BCUT2D eigenvalue weighted by molar-refractivity contribution is 9.10. The monoisotopic (exact) mass is 344 g/mol. The third kappa shape index (κ3) is 3.46. The van der Waals surface area contributed by atoms with Gasteiger partial charge in [-0.15, -0.1) is 0 Å². The van der Waals surface area contributed by atoms with E-state index in [-0.39, 0.29) is 11.5 Å². The van der Waals surface area contributed by atoms with Crippen molar-refractivity contribution in [3.05, 3.63) is 63.6 Å². The first-order valence-corrected chi connectivity index (χ1v) is 6.65. The summed E-state index contributed by atoms with van der Waals surface area (Å²) in [5, 5.41) is 20.2. The van der Waals surface area contributed by atoms with E-state index in [1.54, 1.807) is 24.3 Å². The van der Waals surface area contributed by atoms with Crippen molar-refractivity contribution in [1.82, 2.24) is 0 Å². The number of benzene rings is 2. The number of amides is 1. The van der Waals surface area contributed by atoms with Gasteiger partial charge in [-0.3, -0.25) is 4.79 Å². The van der Waals surface area contributed by atoms with Gasteiger partial charge in [0.1, 0.15) is 0 Å². The molecular weight excluding hydrogens is 336 g/mol. The van der Waals surface area contributed by atoms with Gasteiger partial charge in [0, 0.05) is 10.0 Å². The first-order chi connectivity index (χ1) is 10.0. The maximum Gasteiger partial charge on any atom is 0.335 e. The van der Waals surface area contributed by atoms with Crippen LogP contribution in [0.25, 0.3) is 0 Å². The van der Waals surface area contributed by atoms with Crippen molar-refractivity contribution in [2.24, 2.45) is 0 Å². The van der Waals surface area contributed by atoms with E-state index < -0.39 is 5.97 Å². The van der Waals surface area contributed by atoms with Crippen LogP contribution in [0, 0.1) is 11.3 Å². The summed E-state index contributed by atoms with van der Waals surface area (Å²) in [6.07, 6.45) is 0. The normalized spacial score (nSPS) is 9.71. The minimum absolute atomic E-state index is 0.123. The fraction of sp³-hybridized carbons (Fsp3) is 0. The number of carbonyl (C=O) groups is 2. The van der Waals surface area contributed by atoms with Gasteiger partial charge in [-0.2, -0.15) is 5.26 Å².